The average Bonchev–Trinajstić information content (AvgIpc) is 2.74. The van der Waals surface area contributed by atoms with Crippen molar-refractivity contribution in [3.8, 4) is 0 Å². The Bertz CT molecular complexity index is 333. The lowest BCUT2D eigenvalue weighted by atomic mass is 10.0. The molecule has 0 saturated carbocycles. The largest absolute Gasteiger partial charge is 0.466 e. The average molecular weight is 426 g/mol. The van der Waals surface area contributed by atoms with E-state index >= 15 is 0 Å². The Morgan fingerprint density at radius 3 is 1.13 bits per heavy atom. The van der Waals surface area contributed by atoms with Crippen LogP contribution in [0.5, 0.6) is 0 Å². The summed E-state index contributed by atoms with van der Waals surface area (Å²) >= 11 is 0. The summed E-state index contributed by atoms with van der Waals surface area (Å²) in [6, 6.07) is 0. The Balaban J connectivity index is 3.03. The molecule has 0 amide bonds. The van der Waals surface area contributed by atoms with Crippen molar-refractivity contribution in [1.82, 2.24) is 0 Å². The maximum Gasteiger partial charge on any atom is 0.307 e. The third-order valence-electron chi connectivity index (χ3n) is 6.11. The molecular weight excluding hydrogens is 370 g/mol. The van der Waals surface area contributed by atoms with Gasteiger partial charge in [-0.05, 0) is 6.42 Å². The lowest BCUT2D eigenvalue weighted by Crippen LogP contribution is -2.11. The first-order valence-corrected chi connectivity index (χ1v) is 13.7. The van der Waals surface area contributed by atoms with Gasteiger partial charge in [0.1, 0.15) is 0 Å². The number of rotatable bonds is 25. The second kappa shape index (κ2) is 26.5. The molecule has 0 heterocycles. The molecule has 0 fully saturated rings. The van der Waals surface area contributed by atoms with Crippen LogP contribution in [0.1, 0.15) is 155 Å². The van der Waals surface area contributed by atoms with E-state index < -0.39 is 0 Å². The third-order valence-corrected chi connectivity index (χ3v) is 6.11. The Kier molecular flexibility index (Phi) is 26.0. The van der Waals surface area contributed by atoms with Crippen LogP contribution in [-0.2, 0) is 9.53 Å². The van der Waals surface area contributed by atoms with Gasteiger partial charge >= 0.3 is 5.97 Å². The van der Waals surface area contributed by atoms with Crippen molar-refractivity contribution >= 4 is 5.97 Å². The molecule has 0 aliphatic rings. The first-order chi connectivity index (χ1) is 14.8. The zero-order valence-electron chi connectivity index (χ0n) is 20.6. The smallest absolute Gasteiger partial charge is 0.307 e. The van der Waals surface area contributed by atoms with Gasteiger partial charge in [-0.3, -0.25) is 4.79 Å². The fraction of sp³-hybridized carbons (Fsp3) is 0.963. The number of ether oxygens (including phenoxy) is 1. The molecule has 0 aromatic rings. The van der Waals surface area contributed by atoms with Crippen LogP contribution in [0, 0.1) is 0 Å². The van der Waals surface area contributed by atoms with Gasteiger partial charge in [-0.25, -0.2) is 0 Å². The highest BCUT2D eigenvalue weighted by atomic mass is 16.5. The van der Waals surface area contributed by atoms with E-state index in [2.05, 4.69) is 6.92 Å². The zero-order valence-corrected chi connectivity index (χ0v) is 20.6. The van der Waals surface area contributed by atoms with Crippen LogP contribution in [0.3, 0.4) is 0 Å². The van der Waals surface area contributed by atoms with E-state index in [0.717, 1.165) is 6.42 Å². The molecule has 0 aliphatic heterocycles. The highest BCUT2D eigenvalue weighted by Gasteiger charge is 2.00. The van der Waals surface area contributed by atoms with Crippen molar-refractivity contribution in [2.75, 3.05) is 13.2 Å². The molecule has 0 aromatic heterocycles. The predicted molar refractivity (Wildman–Crippen MR) is 132 cm³/mol. The topological polar surface area (TPSA) is 52.3 Å². The van der Waals surface area contributed by atoms with Gasteiger partial charge in [0, 0.05) is 6.54 Å². The highest BCUT2D eigenvalue weighted by Crippen LogP contribution is 2.15. The molecule has 3 nitrogen and oxygen atoms in total. The summed E-state index contributed by atoms with van der Waals surface area (Å²) in [6.07, 6.45) is 31.0. The van der Waals surface area contributed by atoms with Crippen molar-refractivity contribution in [3.63, 3.8) is 0 Å². The van der Waals surface area contributed by atoms with Crippen molar-refractivity contribution in [2.24, 2.45) is 5.73 Å². The molecular formula is C27H55NO2. The van der Waals surface area contributed by atoms with Crippen molar-refractivity contribution < 1.29 is 9.53 Å². The lowest BCUT2D eigenvalue weighted by Gasteiger charge is -2.05. The minimum Gasteiger partial charge on any atom is -0.466 e. The van der Waals surface area contributed by atoms with Crippen molar-refractivity contribution in [3.05, 3.63) is 0 Å². The molecule has 0 saturated heterocycles. The van der Waals surface area contributed by atoms with Crippen LogP contribution in [0.25, 0.3) is 0 Å². The second-order valence-electron chi connectivity index (χ2n) is 9.18. The predicted octanol–water partition coefficient (Wildman–Crippen LogP) is 8.48. The van der Waals surface area contributed by atoms with Crippen LogP contribution < -0.4 is 5.73 Å². The Morgan fingerprint density at radius 1 is 0.533 bits per heavy atom. The van der Waals surface area contributed by atoms with E-state index in [4.69, 9.17) is 10.5 Å². The molecule has 0 rings (SSSR count). The first-order valence-electron chi connectivity index (χ1n) is 13.7. The van der Waals surface area contributed by atoms with Gasteiger partial charge in [-0.1, -0.05) is 142 Å². The SMILES string of the molecule is CCCCCCCCCCCCCCCCCCCCCCCCOC(=O)CCN. The van der Waals surface area contributed by atoms with E-state index in [1.807, 2.05) is 0 Å². The maximum absolute atomic E-state index is 11.2. The summed E-state index contributed by atoms with van der Waals surface area (Å²) in [7, 11) is 0. The minimum absolute atomic E-state index is 0.152. The van der Waals surface area contributed by atoms with Crippen LogP contribution in [0.2, 0.25) is 0 Å². The van der Waals surface area contributed by atoms with E-state index in [0.29, 0.717) is 19.6 Å². The molecule has 3 heteroatoms. The number of hydrogen-bond donors (Lipinski definition) is 1. The maximum atomic E-state index is 11.2. The van der Waals surface area contributed by atoms with E-state index in [9.17, 15) is 4.79 Å². The van der Waals surface area contributed by atoms with Gasteiger partial charge in [0.15, 0.2) is 0 Å². The van der Waals surface area contributed by atoms with Crippen LogP contribution in [0.4, 0.5) is 0 Å². The second-order valence-corrected chi connectivity index (χ2v) is 9.18. The summed E-state index contributed by atoms with van der Waals surface area (Å²) in [5.41, 5.74) is 5.32. The molecule has 0 atom stereocenters. The fourth-order valence-electron chi connectivity index (χ4n) is 4.09. The first kappa shape index (κ1) is 29.4. The Labute approximate surface area is 189 Å². The molecule has 0 radical (unpaired) electrons. The summed E-state index contributed by atoms with van der Waals surface area (Å²) in [5.74, 6) is -0.152. The number of carbonyl (C=O) groups is 1. The molecule has 0 aromatic carbocycles. The van der Waals surface area contributed by atoms with Gasteiger partial charge in [0.2, 0.25) is 0 Å². The Morgan fingerprint density at radius 2 is 0.833 bits per heavy atom. The highest BCUT2D eigenvalue weighted by molar-refractivity contribution is 5.69. The summed E-state index contributed by atoms with van der Waals surface area (Å²) < 4.78 is 5.11. The lowest BCUT2D eigenvalue weighted by molar-refractivity contribution is -0.143. The quantitative estimate of drug-likeness (QED) is 0.118. The Hall–Kier alpha value is -0.570. The number of carbonyl (C=O) groups excluding carboxylic acids is 1. The van der Waals surface area contributed by atoms with E-state index in [-0.39, 0.29) is 5.97 Å². The molecule has 0 bridgehead atoms. The number of unbranched alkanes of at least 4 members (excludes halogenated alkanes) is 21. The number of hydrogen-bond acceptors (Lipinski definition) is 3. The molecule has 0 spiro atoms. The van der Waals surface area contributed by atoms with Gasteiger partial charge in [0.05, 0.1) is 13.0 Å². The zero-order chi connectivity index (χ0) is 22.0. The van der Waals surface area contributed by atoms with Crippen LogP contribution in [-0.4, -0.2) is 19.1 Å². The van der Waals surface area contributed by atoms with Gasteiger partial charge in [-0.2, -0.15) is 0 Å². The summed E-state index contributed by atoms with van der Waals surface area (Å²) in [4.78, 5) is 11.2. The minimum atomic E-state index is -0.152. The van der Waals surface area contributed by atoms with Crippen molar-refractivity contribution in [2.45, 2.75) is 155 Å². The summed E-state index contributed by atoms with van der Waals surface area (Å²) in [5, 5.41) is 0. The summed E-state index contributed by atoms with van der Waals surface area (Å²) in [6.45, 7) is 3.25. The van der Waals surface area contributed by atoms with Gasteiger partial charge in [-0.15, -0.1) is 0 Å². The van der Waals surface area contributed by atoms with Crippen LogP contribution >= 0.6 is 0 Å². The number of esters is 1. The van der Waals surface area contributed by atoms with Crippen molar-refractivity contribution in [1.29, 1.82) is 0 Å². The van der Waals surface area contributed by atoms with E-state index in [1.165, 1.54) is 135 Å². The molecule has 180 valence electrons. The molecule has 2 N–H and O–H groups in total. The van der Waals surface area contributed by atoms with E-state index in [1.54, 1.807) is 0 Å². The molecule has 0 unspecified atom stereocenters. The molecule has 0 aliphatic carbocycles. The monoisotopic (exact) mass is 425 g/mol. The van der Waals surface area contributed by atoms with Gasteiger partial charge in [0.25, 0.3) is 0 Å². The van der Waals surface area contributed by atoms with Crippen LogP contribution in [0.15, 0.2) is 0 Å². The van der Waals surface area contributed by atoms with Gasteiger partial charge < -0.3 is 10.5 Å². The number of nitrogens with two attached hydrogens (primary N) is 1. The standard InChI is InChI=1S/C27H55NO2/c1-2-3-4-5-6-7-8-9-10-11-12-13-14-15-16-17-18-19-20-21-22-23-26-30-27(29)24-25-28/h2-26,28H2,1H3. The molecule has 30 heavy (non-hydrogen) atoms. The normalized spacial score (nSPS) is 11.1. The fourth-order valence-corrected chi connectivity index (χ4v) is 4.09. The third kappa shape index (κ3) is 25.5.